The minimum absolute atomic E-state index is 0.00359. The first kappa shape index (κ1) is 17.6. The van der Waals surface area contributed by atoms with E-state index in [1.165, 1.54) is 18.2 Å². The van der Waals surface area contributed by atoms with Gasteiger partial charge in [0, 0.05) is 22.6 Å². The summed E-state index contributed by atoms with van der Waals surface area (Å²) in [6, 6.07) is 7.64. The Hall–Kier alpha value is -2.74. The topological polar surface area (TPSA) is 101 Å². The highest BCUT2D eigenvalue weighted by atomic mass is 32.2. The Morgan fingerprint density at radius 1 is 1.12 bits per heavy atom. The van der Waals surface area contributed by atoms with E-state index in [1.54, 1.807) is 32.9 Å². The highest BCUT2D eigenvalue weighted by molar-refractivity contribution is 7.92. The summed E-state index contributed by atoms with van der Waals surface area (Å²) in [6.45, 7) is 8.60. The van der Waals surface area contributed by atoms with Crippen molar-refractivity contribution >= 4 is 27.6 Å². The molecule has 1 aromatic heterocycles. The fourth-order valence-corrected chi connectivity index (χ4v) is 2.92. The summed E-state index contributed by atoms with van der Waals surface area (Å²) in [5, 5.41) is 2.57. The van der Waals surface area contributed by atoms with E-state index in [-0.39, 0.29) is 16.8 Å². The van der Waals surface area contributed by atoms with E-state index in [4.69, 9.17) is 0 Å². The highest BCUT2D eigenvalue weighted by Crippen LogP contribution is 2.18. The first-order valence-electron chi connectivity index (χ1n) is 7.09. The van der Waals surface area contributed by atoms with Crippen molar-refractivity contribution in [3.05, 3.63) is 53.9 Å². The monoisotopic (exact) mass is 346 g/mol. The van der Waals surface area contributed by atoms with Crippen molar-refractivity contribution in [2.24, 2.45) is 0 Å². The van der Waals surface area contributed by atoms with E-state index in [0.717, 1.165) is 0 Å². The first-order valence-corrected chi connectivity index (χ1v) is 8.58. The molecular weight excluding hydrogens is 328 g/mol. The van der Waals surface area contributed by atoms with Gasteiger partial charge in [0.2, 0.25) is 5.95 Å². The molecule has 8 heteroatoms. The molecule has 2 rings (SSSR count). The van der Waals surface area contributed by atoms with Gasteiger partial charge < -0.3 is 5.32 Å². The molecule has 0 aliphatic carbocycles. The molecule has 126 valence electrons. The number of aryl methyl sites for hydroxylation is 2. The van der Waals surface area contributed by atoms with Gasteiger partial charge in [-0.3, -0.25) is 4.79 Å². The van der Waals surface area contributed by atoms with Gasteiger partial charge in [0.1, 0.15) is 0 Å². The Labute approximate surface area is 140 Å². The van der Waals surface area contributed by atoms with Crippen LogP contribution in [-0.4, -0.2) is 24.3 Å². The molecule has 0 saturated heterocycles. The van der Waals surface area contributed by atoms with Crippen molar-refractivity contribution in [1.29, 1.82) is 0 Å². The average molecular weight is 346 g/mol. The van der Waals surface area contributed by atoms with Crippen molar-refractivity contribution in [3.63, 3.8) is 0 Å². The summed E-state index contributed by atoms with van der Waals surface area (Å²) in [6.07, 6.45) is 0. The van der Waals surface area contributed by atoms with Crippen LogP contribution in [0.1, 0.15) is 18.3 Å². The van der Waals surface area contributed by atoms with Crippen LogP contribution in [-0.2, 0) is 14.8 Å². The number of carbonyl (C=O) groups excluding carboxylic acids is 1. The number of nitrogens with zero attached hydrogens (tertiary/aromatic N) is 2. The standard InChI is InChI=1S/C16H18N4O3S/c1-10(2)15(21)19-13-6-5-7-14(9-13)24(22,23)20-16-17-11(3)8-12(4)18-16/h5-9H,1H2,2-4H3,(H,19,21)(H,17,18,20). The maximum Gasteiger partial charge on any atom is 0.264 e. The van der Waals surface area contributed by atoms with Gasteiger partial charge in [-0.05, 0) is 45.0 Å². The molecule has 0 spiro atoms. The third kappa shape index (κ3) is 4.39. The molecule has 7 nitrogen and oxygen atoms in total. The molecule has 0 unspecified atom stereocenters. The Bertz CT molecular complexity index is 887. The van der Waals surface area contributed by atoms with Crippen molar-refractivity contribution in [1.82, 2.24) is 9.97 Å². The Morgan fingerprint density at radius 3 is 2.33 bits per heavy atom. The number of hydrogen-bond acceptors (Lipinski definition) is 5. The number of benzene rings is 1. The second-order valence-corrected chi connectivity index (χ2v) is 7.02. The van der Waals surface area contributed by atoms with Crippen molar-refractivity contribution in [3.8, 4) is 0 Å². The Balaban J connectivity index is 2.29. The molecule has 2 N–H and O–H groups in total. The number of aromatic nitrogens is 2. The third-order valence-electron chi connectivity index (χ3n) is 3.00. The molecule has 1 heterocycles. The van der Waals surface area contributed by atoms with Gasteiger partial charge in [0.25, 0.3) is 15.9 Å². The van der Waals surface area contributed by atoms with Gasteiger partial charge in [-0.2, -0.15) is 0 Å². The van der Waals surface area contributed by atoms with Gasteiger partial charge in [-0.15, -0.1) is 0 Å². The molecule has 0 atom stereocenters. The number of nitrogens with one attached hydrogen (secondary N) is 2. The van der Waals surface area contributed by atoms with E-state index >= 15 is 0 Å². The molecule has 1 aromatic carbocycles. The number of carbonyl (C=O) groups is 1. The van der Waals surface area contributed by atoms with Gasteiger partial charge in [-0.1, -0.05) is 12.6 Å². The molecular formula is C16H18N4O3S. The Kier molecular flexibility index (Phi) is 4.99. The summed E-state index contributed by atoms with van der Waals surface area (Å²) in [5.41, 5.74) is 1.99. The summed E-state index contributed by atoms with van der Waals surface area (Å²) < 4.78 is 27.3. The van der Waals surface area contributed by atoms with E-state index in [1.807, 2.05) is 0 Å². The molecule has 0 fully saturated rings. The molecule has 0 saturated carbocycles. The predicted octanol–water partition coefficient (Wildman–Crippen LogP) is 2.41. The zero-order valence-electron chi connectivity index (χ0n) is 13.6. The molecule has 24 heavy (non-hydrogen) atoms. The van der Waals surface area contributed by atoms with Crippen LogP contribution < -0.4 is 10.0 Å². The summed E-state index contributed by atoms with van der Waals surface area (Å²) in [5.74, 6) is -0.376. The zero-order chi connectivity index (χ0) is 17.9. The summed E-state index contributed by atoms with van der Waals surface area (Å²) >= 11 is 0. The lowest BCUT2D eigenvalue weighted by molar-refractivity contribution is -0.112. The maximum atomic E-state index is 12.5. The smallest absolute Gasteiger partial charge is 0.264 e. The minimum Gasteiger partial charge on any atom is -0.322 e. The van der Waals surface area contributed by atoms with E-state index in [2.05, 4.69) is 26.6 Å². The number of hydrogen-bond donors (Lipinski definition) is 2. The van der Waals surface area contributed by atoms with Crippen LogP contribution in [0, 0.1) is 13.8 Å². The molecule has 0 radical (unpaired) electrons. The lowest BCUT2D eigenvalue weighted by Crippen LogP contribution is -2.17. The molecule has 1 amide bonds. The highest BCUT2D eigenvalue weighted by Gasteiger charge is 2.17. The van der Waals surface area contributed by atoms with Crippen LogP contribution in [0.5, 0.6) is 0 Å². The maximum absolute atomic E-state index is 12.5. The summed E-state index contributed by atoms with van der Waals surface area (Å²) in [7, 11) is -3.87. The van der Waals surface area contributed by atoms with Crippen LogP contribution in [0.4, 0.5) is 11.6 Å². The largest absolute Gasteiger partial charge is 0.322 e. The lowest BCUT2D eigenvalue weighted by Gasteiger charge is -2.10. The SMILES string of the molecule is C=C(C)C(=O)Nc1cccc(S(=O)(=O)Nc2nc(C)cc(C)n2)c1. The second-order valence-electron chi connectivity index (χ2n) is 5.34. The van der Waals surface area contributed by atoms with Crippen LogP contribution in [0.3, 0.4) is 0 Å². The van der Waals surface area contributed by atoms with Crippen molar-refractivity contribution in [2.45, 2.75) is 25.7 Å². The fourth-order valence-electron chi connectivity index (χ4n) is 1.93. The fraction of sp³-hybridized carbons (Fsp3) is 0.188. The predicted molar refractivity (Wildman–Crippen MR) is 92.2 cm³/mol. The first-order chi connectivity index (χ1) is 11.2. The van der Waals surface area contributed by atoms with Gasteiger partial charge in [0.15, 0.2) is 0 Å². The van der Waals surface area contributed by atoms with Crippen molar-refractivity contribution < 1.29 is 13.2 Å². The normalized spacial score (nSPS) is 11.0. The number of rotatable bonds is 5. The van der Waals surface area contributed by atoms with E-state index in [9.17, 15) is 13.2 Å². The van der Waals surface area contributed by atoms with Crippen LogP contribution in [0.15, 0.2) is 47.4 Å². The molecule has 2 aromatic rings. The van der Waals surface area contributed by atoms with Crippen LogP contribution in [0.25, 0.3) is 0 Å². The molecule has 0 bridgehead atoms. The van der Waals surface area contributed by atoms with Gasteiger partial charge in [0.05, 0.1) is 4.90 Å². The summed E-state index contributed by atoms with van der Waals surface area (Å²) in [4.78, 5) is 19.7. The van der Waals surface area contributed by atoms with E-state index in [0.29, 0.717) is 22.6 Å². The Morgan fingerprint density at radius 2 is 1.75 bits per heavy atom. The van der Waals surface area contributed by atoms with Gasteiger partial charge in [-0.25, -0.2) is 23.1 Å². The zero-order valence-corrected chi connectivity index (χ0v) is 14.4. The van der Waals surface area contributed by atoms with Crippen LogP contribution in [0.2, 0.25) is 0 Å². The lowest BCUT2D eigenvalue weighted by atomic mass is 10.3. The molecule has 0 aliphatic heterocycles. The minimum atomic E-state index is -3.87. The number of anilines is 2. The molecule has 0 aliphatic rings. The number of amides is 1. The number of sulfonamides is 1. The quantitative estimate of drug-likeness (QED) is 0.810. The van der Waals surface area contributed by atoms with E-state index < -0.39 is 10.0 Å². The third-order valence-corrected chi connectivity index (χ3v) is 4.32. The average Bonchev–Trinajstić information content (AvgIpc) is 2.45. The second kappa shape index (κ2) is 6.79. The van der Waals surface area contributed by atoms with Crippen LogP contribution >= 0.6 is 0 Å². The van der Waals surface area contributed by atoms with Crippen molar-refractivity contribution in [2.75, 3.05) is 10.0 Å². The van der Waals surface area contributed by atoms with Gasteiger partial charge >= 0.3 is 0 Å².